The maximum Gasteiger partial charge on any atom is 0.119 e. The molecular formula is C13H15BrN2OS. The largest absolute Gasteiger partial charge is 0.494 e. The molecule has 3 N–H and O–H groups in total. The summed E-state index contributed by atoms with van der Waals surface area (Å²) in [6.07, 6.45) is 0. The summed E-state index contributed by atoms with van der Waals surface area (Å²) >= 11 is 5.18. The van der Waals surface area contributed by atoms with Crippen LogP contribution in [0.4, 0.5) is 0 Å². The molecule has 0 fully saturated rings. The van der Waals surface area contributed by atoms with Crippen LogP contribution < -0.4 is 16.0 Å². The molecule has 0 amide bonds. The van der Waals surface area contributed by atoms with Crippen LogP contribution in [0.25, 0.3) is 0 Å². The number of rotatable bonds is 5. The second-order valence-corrected chi connectivity index (χ2v) is 5.38. The van der Waals surface area contributed by atoms with Crippen molar-refractivity contribution in [1.82, 2.24) is 5.43 Å². The smallest absolute Gasteiger partial charge is 0.119 e. The summed E-state index contributed by atoms with van der Waals surface area (Å²) in [6, 6.07) is 7.94. The van der Waals surface area contributed by atoms with Crippen molar-refractivity contribution in [1.29, 1.82) is 0 Å². The van der Waals surface area contributed by atoms with E-state index in [1.165, 1.54) is 0 Å². The van der Waals surface area contributed by atoms with E-state index in [0.29, 0.717) is 6.61 Å². The Kier molecular flexibility index (Phi) is 4.77. The van der Waals surface area contributed by atoms with E-state index in [2.05, 4.69) is 26.7 Å². The lowest BCUT2D eigenvalue weighted by atomic mass is 10.0. The number of nitrogens with one attached hydrogen (secondary N) is 1. The first-order valence-corrected chi connectivity index (χ1v) is 7.40. The molecule has 0 aliphatic heterocycles. The fourth-order valence-electron chi connectivity index (χ4n) is 1.81. The van der Waals surface area contributed by atoms with Crippen molar-refractivity contribution < 1.29 is 4.74 Å². The summed E-state index contributed by atoms with van der Waals surface area (Å²) in [7, 11) is 0. The van der Waals surface area contributed by atoms with E-state index in [9.17, 15) is 0 Å². The zero-order valence-electron chi connectivity index (χ0n) is 10.0. The molecule has 2 rings (SSSR count). The third-order valence-electron chi connectivity index (χ3n) is 2.62. The lowest BCUT2D eigenvalue weighted by Gasteiger charge is -2.17. The Morgan fingerprint density at radius 1 is 1.44 bits per heavy atom. The van der Waals surface area contributed by atoms with Crippen LogP contribution in [0.3, 0.4) is 0 Å². The van der Waals surface area contributed by atoms with Gasteiger partial charge >= 0.3 is 0 Å². The molecule has 1 unspecified atom stereocenters. The highest BCUT2D eigenvalue weighted by Gasteiger charge is 2.16. The van der Waals surface area contributed by atoms with Gasteiger partial charge in [-0.05, 0) is 51.5 Å². The molecule has 96 valence electrons. The second-order valence-electron chi connectivity index (χ2n) is 3.78. The van der Waals surface area contributed by atoms with Gasteiger partial charge in [0.2, 0.25) is 0 Å². The maximum absolute atomic E-state index is 5.68. The molecule has 0 aliphatic carbocycles. The quantitative estimate of drug-likeness (QED) is 0.653. The van der Waals surface area contributed by atoms with Crippen molar-refractivity contribution in [2.24, 2.45) is 5.84 Å². The summed E-state index contributed by atoms with van der Waals surface area (Å²) in [5.74, 6) is 6.54. The van der Waals surface area contributed by atoms with Crippen molar-refractivity contribution in [3.63, 3.8) is 0 Å². The monoisotopic (exact) mass is 326 g/mol. The molecule has 18 heavy (non-hydrogen) atoms. The number of ether oxygens (including phenoxy) is 1. The molecule has 0 saturated carbocycles. The Morgan fingerprint density at radius 3 is 2.89 bits per heavy atom. The van der Waals surface area contributed by atoms with Crippen LogP contribution in [-0.2, 0) is 0 Å². The minimum atomic E-state index is -0.0361. The normalized spacial score (nSPS) is 12.4. The number of halogens is 1. The number of hydrogen-bond donors (Lipinski definition) is 2. The first-order valence-electron chi connectivity index (χ1n) is 5.66. The number of nitrogens with two attached hydrogens (primary N) is 1. The van der Waals surface area contributed by atoms with E-state index >= 15 is 0 Å². The van der Waals surface area contributed by atoms with Gasteiger partial charge in [-0.1, -0.05) is 12.1 Å². The number of benzene rings is 1. The zero-order valence-corrected chi connectivity index (χ0v) is 12.4. The van der Waals surface area contributed by atoms with Gasteiger partial charge in [0, 0.05) is 9.85 Å². The average molecular weight is 327 g/mol. The summed E-state index contributed by atoms with van der Waals surface area (Å²) in [5.41, 5.74) is 5.07. The van der Waals surface area contributed by atoms with Crippen LogP contribution in [0, 0.1) is 0 Å². The molecule has 5 heteroatoms. The second kappa shape index (κ2) is 6.33. The van der Waals surface area contributed by atoms with Gasteiger partial charge in [-0.25, -0.2) is 5.43 Å². The van der Waals surface area contributed by atoms with Crippen LogP contribution in [0.1, 0.15) is 24.1 Å². The van der Waals surface area contributed by atoms with E-state index in [1.807, 2.05) is 36.6 Å². The molecule has 0 spiro atoms. The van der Waals surface area contributed by atoms with Crippen LogP contribution in [0.15, 0.2) is 39.5 Å². The first kappa shape index (κ1) is 13.5. The molecule has 0 saturated heterocycles. The molecule has 1 aromatic heterocycles. The van der Waals surface area contributed by atoms with Crippen LogP contribution in [0.5, 0.6) is 5.75 Å². The Hall–Kier alpha value is -0.880. The van der Waals surface area contributed by atoms with Crippen molar-refractivity contribution >= 4 is 27.3 Å². The standard InChI is InChI=1S/C13H15BrN2OS/c1-2-17-10-5-3-4-9(6-10)13(16-15)11-7-18-8-12(11)14/h3-8,13,16H,2,15H2,1H3. The van der Waals surface area contributed by atoms with E-state index in [1.54, 1.807) is 11.3 Å². The van der Waals surface area contributed by atoms with E-state index in [-0.39, 0.29) is 6.04 Å². The fourth-order valence-corrected chi connectivity index (χ4v) is 3.37. The lowest BCUT2D eigenvalue weighted by molar-refractivity contribution is 0.339. The number of hydrazine groups is 1. The van der Waals surface area contributed by atoms with Crippen LogP contribution in [-0.4, -0.2) is 6.61 Å². The molecule has 0 aliphatic rings. The van der Waals surface area contributed by atoms with Crippen molar-refractivity contribution in [2.75, 3.05) is 6.61 Å². The van der Waals surface area contributed by atoms with Gasteiger partial charge in [0.25, 0.3) is 0 Å². The van der Waals surface area contributed by atoms with E-state index in [0.717, 1.165) is 21.3 Å². The van der Waals surface area contributed by atoms with Gasteiger partial charge < -0.3 is 4.74 Å². The van der Waals surface area contributed by atoms with Crippen LogP contribution >= 0.6 is 27.3 Å². The highest BCUT2D eigenvalue weighted by atomic mass is 79.9. The average Bonchev–Trinajstić information content (AvgIpc) is 2.78. The Labute approximate surface area is 119 Å². The van der Waals surface area contributed by atoms with E-state index < -0.39 is 0 Å². The third-order valence-corrected chi connectivity index (χ3v) is 4.37. The summed E-state index contributed by atoms with van der Waals surface area (Å²) in [5, 5.41) is 4.13. The predicted molar refractivity (Wildman–Crippen MR) is 78.8 cm³/mol. The van der Waals surface area contributed by atoms with Gasteiger partial charge in [0.15, 0.2) is 0 Å². The summed E-state index contributed by atoms with van der Waals surface area (Å²) in [4.78, 5) is 0. The lowest BCUT2D eigenvalue weighted by Crippen LogP contribution is -2.28. The minimum Gasteiger partial charge on any atom is -0.494 e. The fraction of sp³-hybridized carbons (Fsp3) is 0.231. The van der Waals surface area contributed by atoms with Gasteiger partial charge in [-0.15, -0.1) is 0 Å². The van der Waals surface area contributed by atoms with Gasteiger partial charge in [0.05, 0.1) is 12.6 Å². The Morgan fingerprint density at radius 2 is 2.28 bits per heavy atom. The highest BCUT2D eigenvalue weighted by molar-refractivity contribution is 9.10. The molecule has 0 radical (unpaired) electrons. The summed E-state index contributed by atoms with van der Waals surface area (Å²) < 4.78 is 6.58. The number of hydrogen-bond acceptors (Lipinski definition) is 4. The van der Waals surface area contributed by atoms with Crippen molar-refractivity contribution in [3.05, 3.63) is 50.6 Å². The molecule has 2 aromatic rings. The predicted octanol–water partition coefficient (Wildman–Crippen LogP) is 3.46. The SMILES string of the molecule is CCOc1cccc(C(NN)c2cscc2Br)c1. The Bertz CT molecular complexity index is 515. The van der Waals surface area contributed by atoms with Crippen LogP contribution in [0.2, 0.25) is 0 Å². The zero-order chi connectivity index (χ0) is 13.0. The highest BCUT2D eigenvalue weighted by Crippen LogP contribution is 2.32. The molecular weight excluding hydrogens is 312 g/mol. The molecule has 1 aromatic carbocycles. The molecule has 1 atom stereocenters. The third kappa shape index (κ3) is 2.92. The molecule has 3 nitrogen and oxygen atoms in total. The topological polar surface area (TPSA) is 47.3 Å². The van der Waals surface area contributed by atoms with Gasteiger partial charge in [-0.3, -0.25) is 5.84 Å². The maximum atomic E-state index is 5.68. The van der Waals surface area contributed by atoms with Crippen molar-refractivity contribution in [2.45, 2.75) is 13.0 Å². The first-order chi connectivity index (χ1) is 8.76. The summed E-state index contributed by atoms with van der Waals surface area (Å²) in [6.45, 7) is 2.63. The number of thiophene rings is 1. The Balaban J connectivity index is 2.33. The minimum absolute atomic E-state index is 0.0361. The molecule has 1 heterocycles. The van der Waals surface area contributed by atoms with Crippen molar-refractivity contribution in [3.8, 4) is 5.75 Å². The van der Waals surface area contributed by atoms with Gasteiger partial charge in [0.1, 0.15) is 5.75 Å². The van der Waals surface area contributed by atoms with E-state index in [4.69, 9.17) is 10.6 Å². The van der Waals surface area contributed by atoms with Gasteiger partial charge in [-0.2, -0.15) is 11.3 Å². The molecule has 0 bridgehead atoms.